The molecule has 0 aliphatic heterocycles. The standard InChI is InChI=1S/C21H21ClN2O6S/c1-11-9-19(30-31(23,27)28)15(22)10-16(11)24(4)21(26)18-6-5-17(29-18)14-7-12(2)20(25)13(3)8-14/h5-10,25H,1-4H3,(H2,23,27,28). The number of hydrogen-bond donors (Lipinski definition) is 2. The third-order valence-corrected chi connectivity index (χ3v) is 5.42. The van der Waals surface area contributed by atoms with E-state index in [0.29, 0.717) is 28.1 Å². The number of benzene rings is 2. The maximum absolute atomic E-state index is 13.0. The predicted molar refractivity (Wildman–Crippen MR) is 118 cm³/mol. The fraction of sp³-hybridized carbons (Fsp3) is 0.190. The fourth-order valence-corrected chi connectivity index (χ4v) is 3.81. The summed E-state index contributed by atoms with van der Waals surface area (Å²) in [5.74, 6) is 0.229. The van der Waals surface area contributed by atoms with Crippen molar-refractivity contribution < 1.29 is 26.9 Å². The maximum atomic E-state index is 13.0. The molecule has 0 spiro atoms. The van der Waals surface area contributed by atoms with Gasteiger partial charge in [0.1, 0.15) is 11.5 Å². The van der Waals surface area contributed by atoms with Gasteiger partial charge in [0.2, 0.25) is 0 Å². The molecule has 1 aromatic heterocycles. The number of aromatic hydroxyl groups is 1. The molecule has 8 nitrogen and oxygen atoms in total. The van der Waals surface area contributed by atoms with Gasteiger partial charge in [-0.05, 0) is 73.9 Å². The lowest BCUT2D eigenvalue weighted by molar-refractivity contribution is 0.0967. The number of carbonyl (C=O) groups is 1. The van der Waals surface area contributed by atoms with Gasteiger partial charge in [0.15, 0.2) is 11.5 Å². The summed E-state index contributed by atoms with van der Waals surface area (Å²) in [5, 5.41) is 14.8. The number of rotatable bonds is 5. The average molecular weight is 465 g/mol. The highest BCUT2D eigenvalue weighted by Crippen LogP contribution is 2.34. The van der Waals surface area contributed by atoms with Gasteiger partial charge in [0, 0.05) is 18.3 Å². The number of furan rings is 1. The summed E-state index contributed by atoms with van der Waals surface area (Å²) in [6.45, 7) is 5.23. The smallest absolute Gasteiger partial charge is 0.380 e. The van der Waals surface area contributed by atoms with Gasteiger partial charge in [0.25, 0.3) is 5.91 Å². The van der Waals surface area contributed by atoms with Gasteiger partial charge in [-0.15, -0.1) is 0 Å². The van der Waals surface area contributed by atoms with Crippen LogP contribution in [0, 0.1) is 20.8 Å². The molecule has 2 aromatic carbocycles. The topological polar surface area (TPSA) is 123 Å². The van der Waals surface area contributed by atoms with Crippen molar-refractivity contribution in [3.05, 3.63) is 63.9 Å². The normalized spacial score (nSPS) is 11.4. The monoisotopic (exact) mass is 464 g/mol. The molecule has 1 heterocycles. The Morgan fingerprint density at radius 1 is 1.10 bits per heavy atom. The molecule has 0 bridgehead atoms. The van der Waals surface area contributed by atoms with Crippen molar-refractivity contribution in [1.29, 1.82) is 0 Å². The van der Waals surface area contributed by atoms with E-state index in [4.69, 9.17) is 21.2 Å². The summed E-state index contributed by atoms with van der Waals surface area (Å²) in [4.78, 5) is 14.3. The van der Waals surface area contributed by atoms with Crippen LogP contribution in [0.1, 0.15) is 27.2 Å². The Balaban J connectivity index is 1.90. The number of nitrogens with two attached hydrogens (primary N) is 1. The van der Waals surface area contributed by atoms with Crippen LogP contribution < -0.4 is 14.2 Å². The predicted octanol–water partition coefficient (Wildman–Crippen LogP) is 4.09. The molecule has 31 heavy (non-hydrogen) atoms. The molecule has 3 N–H and O–H groups in total. The molecule has 0 radical (unpaired) electrons. The molecular formula is C21H21ClN2O6S. The van der Waals surface area contributed by atoms with Gasteiger partial charge in [-0.3, -0.25) is 4.79 Å². The molecule has 3 aromatic rings. The second-order valence-electron chi connectivity index (χ2n) is 7.13. The van der Waals surface area contributed by atoms with Crippen molar-refractivity contribution in [3.8, 4) is 22.8 Å². The zero-order valence-electron chi connectivity index (χ0n) is 17.3. The van der Waals surface area contributed by atoms with Gasteiger partial charge < -0.3 is 18.6 Å². The number of amides is 1. The highest BCUT2D eigenvalue weighted by Gasteiger charge is 2.22. The van der Waals surface area contributed by atoms with Crippen LogP contribution in [0.15, 0.2) is 40.8 Å². The average Bonchev–Trinajstić information content (AvgIpc) is 3.16. The molecule has 0 aliphatic rings. The summed E-state index contributed by atoms with van der Waals surface area (Å²) in [6, 6.07) is 9.56. The van der Waals surface area contributed by atoms with Gasteiger partial charge in [-0.1, -0.05) is 11.6 Å². The van der Waals surface area contributed by atoms with E-state index in [1.165, 1.54) is 24.1 Å². The molecular weight excluding hydrogens is 444 g/mol. The Labute approximate surface area is 185 Å². The molecule has 0 aliphatic carbocycles. The van der Waals surface area contributed by atoms with Crippen LogP contribution in [0.2, 0.25) is 5.02 Å². The summed E-state index contributed by atoms with van der Waals surface area (Å²) < 4.78 is 32.7. The van der Waals surface area contributed by atoms with Gasteiger partial charge in [-0.25, -0.2) is 0 Å². The van der Waals surface area contributed by atoms with Crippen LogP contribution in [0.5, 0.6) is 11.5 Å². The molecule has 0 fully saturated rings. The minimum Gasteiger partial charge on any atom is -0.507 e. The summed E-state index contributed by atoms with van der Waals surface area (Å²) in [5.41, 5.74) is 3.10. The molecule has 0 atom stereocenters. The molecule has 1 amide bonds. The first kappa shape index (κ1) is 22.7. The van der Waals surface area contributed by atoms with Crippen molar-refractivity contribution in [2.45, 2.75) is 20.8 Å². The van der Waals surface area contributed by atoms with Crippen molar-refractivity contribution in [2.24, 2.45) is 5.14 Å². The van der Waals surface area contributed by atoms with E-state index < -0.39 is 16.2 Å². The van der Waals surface area contributed by atoms with Crippen LogP contribution in [0.4, 0.5) is 5.69 Å². The molecule has 10 heteroatoms. The second kappa shape index (κ2) is 8.26. The second-order valence-corrected chi connectivity index (χ2v) is 8.69. The number of hydrogen-bond acceptors (Lipinski definition) is 6. The number of nitrogens with zero attached hydrogens (tertiary/aromatic N) is 1. The lowest BCUT2D eigenvalue weighted by Crippen LogP contribution is -2.26. The molecule has 164 valence electrons. The molecule has 0 saturated carbocycles. The first-order chi connectivity index (χ1) is 14.4. The number of aryl methyl sites for hydroxylation is 3. The summed E-state index contributed by atoms with van der Waals surface area (Å²) in [7, 11) is -2.70. The molecule has 3 rings (SSSR count). The van der Waals surface area contributed by atoms with E-state index in [0.717, 1.165) is 5.56 Å². The number of carbonyl (C=O) groups excluding carboxylic acids is 1. The third kappa shape index (κ3) is 4.84. The maximum Gasteiger partial charge on any atom is 0.380 e. The number of anilines is 1. The SMILES string of the molecule is Cc1cc(OS(N)(=O)=O)c(Cl)cc1N(C)C(=O)c1ccc(-c2cc(C)c(O)c(C)c2)o1. The Kier molecular flexibility index (Phi) is 6.04. The minimum atomic E-state index is -4.24. The van der Waals surface area contributed by atoms with Crippen molar-refractivity contribution >= 4 is 33.5 Å². The Hall–Kier alpha value is -3.01. The van der Waals surface area contributed by atoms with Crippen molar-refractivity contribution in [1.82, 2.24) is 0 Å². The third-order valence-electron chi connectivity index (χ3n) is 4.71. The Morgan fingerprint density at radius 3 is 2.29 bits per heavy atom. The van der Waals surface area contributed by atoms with E-state index in [1.54, 1.807) is 45.0 Å². The molecule has 0 unspecified atom stereocenters. The first-order valence-corrected chi connectivity index (χ1v) is 10.9. The summed E-state index contributed by atoms with van der Waals surface area (Å²) in [6.07, 6.45) is 0. The zero-order valence-corrected chi connectivity index (χ0v) is 18.8. The van der Waals surface area contributed by atoms with Gasteiger partial charge >= 0.3 is 10.3 Å². The minimum absolute atomic E-state index is 0.0237. The summed E-state index contributed by atoms with van der Waals surface area (Å²) >= 11 is 6.10. The number of halogens is 1. The highest BCUT2D eigenvalue weighted by atomic mass is 35.5. The van der Waals surface area contributed by atoms with E-state index >= 15 is 0 Å². The van der Waals surface area contributed by atoms with E-state index in [-0.39, 0.29) is 22.3 Å². The van der Waals surface area contributed by atoms with E-state index in [1.807, 2.05) is 0 Å². The quantitative estimate of drug-likeness (QED) is 0.586. The number of phenolic OH excluding ortho intramolecular Hbond substituents is 1. The van der Waals surface area contributed by atoms with Crippen molar-refractivity contribution in [3.63, 3.8) is 0 Å². The van der Waals surface area contributed by atoms with Crippen molar-refractivity contribution in [2.75, 3.05) is 11.9 Å². The zero-order chi connectivity index (χ0) is 23.1. The first-order valence-electron chi connectivity index (χ1n) is 9.08. The van der Waals surface area contributed by atoms with Gasteiger partial charge in [0.05, 0.1) is 5.02 Å². The lowest BCUT2D eigenvalue weighted by Gasteiger charge is -2.19. The van der Waals surface area contributed by atoms with Crippen LogP contribution >= 0.6 is 11.6 Å². The largest absolute Gasteiger partial charge is 0.507 e. The molecule has 0 saturated heterocycles. The van der Waals surface area contributed by atoms with Crippen LogP contribution in [0.25, 0.3) is 11.3 Å². The highest BCUT2D eigenvalue weighted by molar-refractivity contribution is 7.84. The van der Waals surface area contributed by atoms with Crippen LogP contribution in [-0.4, -0.2) is 26.5 Å². The number of phenols is 1. The lowest BCUT2D eigenvalue weighted by atomic mass is 10.0. The van der Waals surface area contributed by atoms with Crippen LogP contribution in [-0.2, 0) is 10.3 Å². The Bertz CT molecular complexity index is 1260. The fourth-order valence-electron chi connectivity index (χ4n) is 3.18. The van der Waals surface area contributed by atoms with E-state index in [2.05, 4.69) is 4.18 Å². The van der Waals surface area contributed by atoms with Crippen LogP contribution in [0.3, 0.4) is 0 Å². The van der Waals surface area contributed by atoms with E-state index in [9.17, 15) is 18.3 Å². The van der Waals surface area contributed by atoms with Gasteiger partial charge in [-0.2, -0.15) is 13.6 Å². The Morgan fingerprint density at radius 2 is 1.71 bits per heavy atom.